The van der Waals surface area contributed by atoms with Crippen molar-refractivity contribution in [3.05, 3.63) is 59.1 Å². The summed E-state index contributed by atoms with van der Waals surface area (Å²) in [5, 5.41) is 3.10. The van der Waals surface area contributed by atoms with E-state index in [0.29, 0.717) is 0 Å². The number of halogens is 1. The molecule has 0 spiro atoms. The number of benzene rings is 2. The first-order chi connectivity index (χ1) is 13.3. The Kier molecular flexibility index (Phi) is 7.86. The van der Waals surface area contributed by atoms with E-state index in [2.05, 4.69) is 10.0 Å². The number of methoxy groups -OCH3 is 1. The molecule has 0 fully saturated rings. The zero-order chi connectivity index (χ0) is 20.7. The number of ether oxygens (including phenoxy) is 1. The third-order valence-electron chi connectivity index (χ3n) is 4.31. The molecule has 0 saturated carbocycles. The number of rotatable bonds is 9. The van der Waals surface area contributed by atoms with Gasteiger partial charge in [-0.05, 0) is 43.5 Å². The number of amides is 1. The Labute approximate surface area is 171 Å². The van der Waals surface area contributed by atoms with Gasteiger partial charge in [0.05, 0.1) is 7.11 Å². The second-order valence-electron chi connectivity index (χ2n) is 6.48. The van der Waals surface area contributed by atoms with E-state index in [9.17, 15) is 13.2 Å². The van der Waals surface area contributed by atoms with Crippen LogP contribution in [0.15, 0.2) is 53.4 Å². The van der Waals surface area contributed by atoms with Gasteiger partial charge in [0.15, 0.2) is 0 Å². The van der Waals surface area contributed by atoms with Crippen LogP contribution < -0.4 is 14.8 Å². The molecule has 8 heteroatoms. The molecule has 2 rings (SSSR count). The van der Waals surface area contributed by atoms with E-state index in [1.807, 2.05) is 44.2 Å². The predicted molar refractivity (Wildman–Crippen MR) is 110 cm³/mol. The maximum atomic E-state index is 13.0. The fourth-order valence-electron chi connectivity index (χ4n) is 2.59. The lowest BCUT2D eigenvalue weighted by Crippen LogP contribution is -2.50. The van der Waals surface area contributed by atoms with Gasteiger partial charge in [-0.3, -0.25) is 4.79 Å². The van der Waals surface area contributed by atoms with Crippen LogP contribution in [-0.2, 0) is 21.2 Å². The molecule has 2 N–H and O–H groups in total. The Balaban J connectivity index is 2.35. The van der Waals surface area contributed by atoms with Crippen LogP contribution in [0.1, 0.15) is 25.8 Å². The first-order valence-electron chi connectivity index (χ1n) is 8.97. The molecule has 2 atom stereocenters. The summed E-state index contributed by atoms with van der Waals surface area (Å²) in [6, 6.07) is 12.5. The van der Waals surface area contributed by atoms with E-state index in [1.54, 1.807) is 0 Å². The number of nitrogens with one attached hydrogen (secondary N) is 2. The second-order valence-corrected chi connectivity index (χ2v) is 8.60. The van der Waals surface area contributed by atoms with Crippen molar-refractivity contribution in [1.82, 2.24) is 10.0 Å². The predicted octanol–water partition coefficient (Wildman–Crippen LogP) is 3.15. The molecule has 0 saturated heterocycles. The smallest absolute Gasteiger partial charge is 0.245 e. The largest absolute Gasteiger partial charge is 0.495 e. The lowest BCUT2D eigenvalue weighted by molar-refractivity contribution is -0.123. The first kappa shape index (κ1) is 22.2. The molecule has 2 aromatic rings. The third kappa shape index (κ3) is 5.95. The highest BCUT2D eigenvalue weighted by molar-refractivity contribution is 7.89. The van der Waals surface area contributed by atoms with E-state index in [-0.39, 0.29) is 34.0 Å². The molecule has 152 valence electrons. The summed E-state index contributed by atoms with van der Waals surface area (Å²) in [6.07, 6.45) is 0.948. The highest BCUT2D eigenvalue weighted by Gasteiger charge is 2.29. The Morgan fingerprint density at radius 3 is 2.46 bits per heavy atom. The molecular formula is C20H25ClN2O4S. The van der Waals surface area contributed by atoms with E-state index < -0.39 is 16.1 Å². The van der Waals surface area contributed by atoms with Gasteiger partial charge in [0.1, 0.15) is 16.7 Å². The fraction of sp³-hybridized carbons (Fsp3) is 0.350. The summed E-state index contributed by atoms with van der Waals surface area (Å²) < 4.78 is 33.7. The Morgan fingerprint density at radius 1 is 1.18 bits per heavy atom. The molecule has 0 radical (unpaired) electrons. The number of hydrogen-bond acceptors (Lipinski definition) is 4. The molecule has 0 unspecified atom stereocenters. The average Bonchev–Trinajstić information content (AvgIpc) is 2.68. The zero-order valence-corrected chi connectivity index (χ0v) is 17.7. The fourth-order valence-corrected chi connectivity index (χ4v) is 4.22. The quantitative estimate of drug-likeness (QED) is 0.647. The van der Waals surface area contributed by atoms with Crippen molar-refractivity contribution in [3.8, 4) is 5.75 Å². The second kappa shape index (κ2) is 9.91. The summed E-state index contributed by atoms with van der Waals surface area (Å²) in [6.45, 7) is 3.81. The highest BCUT2D eigenvalue weighted by atomic mass is 35.5. The van der Waals surface area contributed by atoms with Gasteiger partial charge in [-0.1, -0.05) is 48.9 Å². The molecule has 0 aliphatic rings. The molecule has 2 aromatic carbocycles. The van der Waals surface area contributed by atoms with Crippen LogP contribution in [0.25, 0.3) is 0 Å². The van der Waals surface area contributed by atoms with Crippen molar-refractivity contribution in [3.63, 3.8) is 0 Å². The van der Waals surface area contributed by atoms with Crippen molar-refractivity contribution in [1.29, 1.82) is 0 Å². The van der Waals surface area contributed by atoms with Crippen molar-refractivity contribution < 1.29 is 17.9 Å². The van der Waals surface area contributed by atoms with Gasteiger partial charge in [-0.25, -0.2) is 8.42 Å². The Morgan fingerprint density at radius 2 is 1.86 bits per heavy atom. The summed E-state index contributed by atoms with van der Waals surface area (Å²) in [5.74, 6) is -0.236. The molecule has 0 aliphatic heterocycles. The van der Waals surface area contributed by atoms with Gasteiger partial charge >= 0.3 is 0 Å². The van der Waals surface area contributed by atoms with Crippen LogP contribution in [0.2, 0.25) is 5.02 Å². The Hall–Kier alpha value is -2.09. The van der Waals surface area contributed by atoms with E-state index in [1.165, 1.54) is 25.3 Å². The summed E-state index contributed by atoms with van der Waals surface area (Å²) >= 11 is 5.97. The number of sulfonamides is 1. The minimum atomic E-state index is -4.05. The van der Waals surface area contributed by atoms with E-state index >= 15 is 0 Å². The van der Waals surface area contributed by atoms with Crippen molar-refractivity contribution >= 4 is 27.5 Å². The minimum Gasteiger partial charge on any atom is -0.495 e. The zero-order valence-electron chi connectivity index (χ0n) is 16.1. The molecule has 28 heavy (non-hydrogen) atoms. The summed E-state index contributed by atoms with van der Waals surface area (Å²) in [5.41, 5.74) is 0.840. The monoisotopic (exact) mass is 424 g/mol. The topological polar surface area (TPSA) is 84.5 Å². The third-order valence-corrected chi connectivity index (χ3v) is 6.04. The standard InChI is InChI=1S/C20H25ClN2O4S/c1-4-14(2)22-20(24)17(12-15-8-6-5-7-9-15)23-28(25,26)19-13-16(21)10-11-18(19)27-3/h5-11,13-14,17,23H,4,12H2,1-3H3,(H,22,24)/t14-,17-/m0/s1. The molecule has 6 nitrogen and oxygen atoms in total. The first-order valence-corrected chi connectivity index (χ1v) is 10.8. The maximum Gasteiger partial charge on any atom is 0.245 e. The van der Waals surface area contributed by atoms with Gasteiger partial charge in [0, 0.05) is 11.1 Å². The summed E-state index contributed by atoms with van der Waals surface area (Å²) in [7, 11) is -2.68. The van der Waals surface area contributed by atoms with Crippen LogP contribution in [0.5, 0.6) is 5.75 Å². The molecule has 1 amide bonds. The van der Waals surface area contributed by atoms with Crippen LogP contribution in [0.3, 0.4) is 0 Å². The minimum absolute atomic E-state index is 0.0732. The SMILES string of the molecule is CC[C@H](C)NC(=O)[C@H](Cc1ccccc1)NS(=O)(=O)c1cc(Cl)ccc1OC. The molecule has 0 aliphatic carbocycles. The van der Waals surface area contributed by atoms with Gasteiger partial charge < -0.3 is 10.1 Å². The Bertz CT molecular complexity index is 904. The molecule has 0 bridgehead atoms. The number of carbonyl (C=O) groups excluding carboxylic acids is 1. The lowest BCUT2D eigenvalue weighted by atomic mass is 10.1. The normalized spacial score (nSPS) is 13.6. The van der Waals surface area contributed by atoms with Crippen molar-refractivity contribution in [2.75, 3.05) is 7.11 Å². The lowest BCUT2D eigenvalue weighted by Gasteiger charge is -2.21. The van der Waals surface area contributed by atoms with Crippen molar-refractivity contribution in [2.24, 2.45) is 0 Å². The number of carbonyl (C=O) groups is 1. The van der Waals surface area contributed by atoms with Crippen LogP contribution >= 0.6 is 11.6 Å². The molecular weight excluding hydrogens is 400 g/mol. The van der Waals surface area contributed by atoms with Gasteiger partial charge in [-0.15, -0.1) is 0 Å². The van der Waals surface area contributed by atoms with E-state index in [0.717, 1.165) is 12.0 Å². The summed E-state index contributed by atoms with van der Waals surface area (Å²) in [4.78, 5) is 12.6. The van der Waals surface area contributed by atoms with E-state index in [4.69, 9.17) is 16.3 Å². The molecule has 0 aromatic heterocycles. The van der Waals surface area contributed by atoms with Gasteiger partial charge in [-0.2, -0.15) is 4.72 Å². The average molecular weight is 425 g/mol. The van der Waals surface area contributed by atoms with Gasteiger partial charge in [0.25, 0.3) is 0 Å². The van der Waals surface area contributed by atoms with Crippen LogP contribution in [0, 0.1) is 0 Å². The van der Waals surface area contributed by atoms with Gasteiger partial charge in [0.2, 0.25) is 15.9 Å². The highest BCUT2D eigenvalue weighted by Crippen LogP contribution is 2.27. The molecule has 0 heterocycles. The van der Waals surface area contributed by atoms with Crippen LogP contribution in [-0.4, -0.2) is 33.5 Å². The maximum absolute atomic E-state index is 13.0. The van der Waals surface area contributed by atoms with Crippen molar-refractivity contribution in [2.45, 2.75) is 43.7 Å². The van der Waals surface area contributed by atoms with Crippen LogP contribution in [0.4, 0.5) is 0 Å². The number of hydrogen-bond donors (Lipinski definition) is 2.